The smallest absolute Gasteiger partial charge is 0.229 e. The van der Waals surface area contributed by atoms with E-state index >= 15 is 0 Å². The summed E-state index contributed by atoms with van der Waals surface area (Å²) < 4.78 is 5.32. The second kappa shape index (κ2) is 6.92. The van der Waals surface area contributed by atoms with Gasteiger partial charge in [0.1, 0.15) is 0 Å². The Morgan fingerprint density at radius 2 is 2.28 bits per heavy atom. The molecule has 25 heavy (non-hydrogen) atoms. The first kappa shape index (κ1) is 16.2. The Kier molecular flexibility index (Phi) is 4.48. The van der Waals surface area contributed by atoms with E-state index in [1.54, 1.807) is 13.1 Å². The predicted molar refractivity (Wildman–Crippen MR) is 90.4 cm³/mol. The van der Waals surface area contributed by atoms with E-state index in [2.05, 4.69) is 26.1 Å². The lowest BCUT2D eigenvalue weighted by Crippen LogP contribution is -2.40. The van der Waals surface area contributed by atoms with Gasteiger partial charge in [-0.05, 0) is 30.9 Å². The molecule has 7 heteroatoms. The molecule has 1 saturated carbocycles. The summed E-state index contributed by atoms with van der Waals surface area (Å²) in [4.78, 5) is 25.0. The van der Waals surface area contributed by atoms with Crippen molar-refractivity contribution in [3.05, 3.63) is 41.8 Å². The van der Waals surface area contributed by atoms with Crippen molar-refractivity contribution in [1.29, 1.82) is 0 Å². The highest BCUT2D eigenvalue weighted by atomic mass is 16.5. The van der Waals surface area contributed by atoms with Crippen molar-refractivity contribution in [3.63, 3.8) is 0 Å². The summed E-state index contributed by atoms with van der Waals surface area (Å²) in [6.45, 7) is 4.75. The molecule has 1 atom stereocenters. The van der Waals surface area contributed by atoms with Crippen LogP contribution in [0.1, 0.15) is 49.4 Å². The molecule has 0 radical (unpaired) electrons. The van der Waals surface area contributed by atoms with Crippen LogP contribution in [0.5, 0.6) is 0 Å². The molecule has 0 spiro atoms. The van der Waals surface area contributed by atoms with Gasteiger partial charge in [-0.3, -0.25) is 14.7 Å². The van der Waals surface area contributed by atoms with E-state index in [0.717, 1.165) is 44.8 Å². The normalized spacial score (nSPS) is 20.8. The van der Waals surface area contributed by atoms with Gasteiger partial charge in [0, 0.05) is 50.9 Å². The molecule has 7 nitrogen and oxygen atoms in total. The van der Waals surface area contributed by atoms with Crippen LogP contribution in [0, 0.1) is 0 Å². The van der Waals surface area contributed by atoms with Crippen LogP contribution in [0.15, 0.2) is 29.0 Å². The molecule has 2 aliphatic rings. The maximum atomic E-state index is 12.2. The molecular formula is C18H23N5O2. The maximum Gasteiger partial charge on any atom is 0.229 e. The summed E-state index contributed by atoms with van der Waals surface area (Å²) in [7, 11) is 0. The van der Waals surface area contributed by atoms with E-state index in [4.69, 9.17) is 4.52 Å². The zero-order valence-electron chi connectivity index (χ0n) is 14.5. The third kappa shape index (κ3) is 3.87. The fourth-order valence-electron chi connectivity index (χ4n) is 3.44. The minimum atomic E-state index is 0.0611. The number of nitrogens with zero attached hydrogens (tertiary/aromatic N) is 5. The van der Waals surface area contributed by atoms with Crippen LogP contribution in [0.3, 0.4) is 0 Å². The lowest BCUT2D eigenvalue weighted by atomic mass is 10.2. The minimum absolute atomic E-state index is 0.0611. The highest BCUT2D eigenvalue weighted by Gasteiger charge is 2.32. The van der Waals surface area contributed by atoms with Crippen LogP contribution < -0.4 is 0 Å². The SMILES string of the molecule is CC(=O)N(Cc1noc(C2CC2)n1)[C@H]1CCN(Cc2cccnc2)C1. The van der Waals surface area contributed by atoms with Gasteiger partial charge in [-0.25, -0.2) is 0 Å². The average molecular weight is 341 g/mol. The molecule has 3 heterocycles. The Hall–Kier alpha value is -2.28. The van der Waals surface area contributed by atoms with Gasteiger partial charge < -0.3 is 9.42 Å². The number of hydrogen-bond donors (Lipinski definition) is 0. The van der Waals surface area contributed by atoms with E-state index in [1.807, 2.05) is 17.2 Å². The van der Waals surface area contributed by atoms with Crippen LogP contribution in [0.4, 0.5) is 0 Å². The van der Waals surface area contributed by atoms with E-state index in [9.17, 15) is 4.79 Å². The third-order valence-electron chi connectivity index (χ3n) is 4.94. The van der Waals surface area contributed by atoms with Crippen LogP contribution in [-0.2, 0) is 17.9 Å². The molecular weight excluding hydrogens is 318 g/mol. The van der Waals surface area contributed by atoms with Gasteiger partial charge in [0.15, 0.2) is 5.82 Å². The van der Waals surface area contributed by atoms with E-state index in [0.29, 0.717) is 18.3 Å². The topological polar surface area (TPSA) is 75.4 Å². The first-order valence-corrected chi connectivity index (χ1v) is 8.90. The predicted octanol–water partition coefficient (Wildman–Crippen LogP) is 1.97. The summed E-state index contributed by atoms with van der Waals surface area (Å²) in [5, 5.41) is 4.06. The summed E-state index contributed by atoms with van der Waals surface area (Å²) in [6.07, 6.45) is 6.91. The highest BCUT2D eigenvalue weighted by molar-refractivity contribution is 5.73. The zero-order chi connectivity index (χ0) is 17.2. The molecule has 1 aliphatic heterocycles. The third-order valence-corrected chi connectivity index (χ3v) is 4.94. The first-order valence-electron chi connectivity index (χ1n) is 8.90. The largest absolute Gasteiger partial charge is 0.339 e. The average Bonchev–Trinajstić information content (AvgIpc) is 3.18. The van der Waals surface area contributed by atoms with Crippen molar-refractivity contribution >= 4 is 5.91 Å². The fraction of sp³-hybridized carbons (Fsp3) is 0.556. The van der Waals surface area contributed by atoms with Crippen LogP contribution in [-0.4, -0.2) is 50.0 Å². The maximum absolute atomic E-state index is 12.2. The lowest BCUT2D eigenvalue weighted by molar-refractivity contribution is -0.131. The molecule has 2 aromatic heterocycles. The van der Waals surface area contributed by atoms with Gasteiger partial charge in [0.2, 0.25) is 11.8 Å². The number of likely N-dealkylation sites (tertiary alicyclic amines) is 1. The molecule has 2 aromatic rings. The number of aromatic nitrogens is 3. The Morgan fingerprint density at radius 1 is 1.40 bits per heavy atom. The van der Waals surface area contributed by atoms with E-state index in [-0.39, 0.29) is 11.9 Å². The summed E-state index contributed by atoms with van der Waals surface area (Å²) >= 11 is 0. The molecule has 0 unspecified atom stereocenters. The highest BCUT2D eigenvalue weighted by Crippen LogP contribution is 2.38. The fourth-order valence-corrected chi connectivity index (χ4v) is 3.44. The van der Waals surface area contributed by atoms with Crippen molar-refractivity contribution in [2.45, 2.75) is 51.2 Å². The van der Waals surface area contributed by atoms with Crippen molar-refractivity contribution in [3.8, 4) is 0 Å². The number of rotatable bonds is 6. The van der Waals surface area contributed by atoms with Crippen LogP contribution >= 0.6 is 0 Å². The Bertz CT molecular complexity index is 728. The molecule has 132 valence electrons. The Labute approximate surface area is 147 Å². The van der Waals surface area contributed by atoms with Gasteiger partial charge in [-0.2, -0.15) is 4.98 Å². The van der Waals surface area contributed by atoms with Crippen LogP contribution in [0.25, 0.3) is 0 Å². The molecule has 2 fully saturated rings. The van der Waals surface area contributed by atoms with Gasteiger partial charge >= 0.3 is 0 Å². The number of carbonyl (C=O) groups excluding carboxylic acids is 1. The molecule has 1 aliphatic carbocycles. The summed E-state index contributed by atoms with van der Waals surface area (Å²) in [5.41, 5.74) is 1.20. The standard InChI is InChI=1S/C18H23N5O2/c1-13(24)23(12-17-20-18(25-21-17)15-4-5-15)16-6-8-22(11-16)10-14-3-2-7-19-9-14/h2-3,7,9,15-16H,4-6,8,10-12H2,1H3/t16-/m0/s1. The summed E-state index contributed by atoms with van der Waals surface area (Å²) in [6, 6.07) is 4.23. The zero-order valence-corrected chi connectivity index (χ0v) is 14.5. The number of pyridine rings is 1. The molecule has 1 saturated heterocycles. The van der Waals surface area contributed by atoms with Gasteiger partial charge in [-0.1, -0.05) is 11.2 Å². The number of amides is 1. The van der Waals surface area contributed by atoms with Gasteiger partial charge in [0.25, 0.3) is 0 Å². The van der Waals surface area contributed by atoms with Crippen molar-refractivity contribution in [1.82, 2.24) is 24.9 Å². The second-order valence-electron chi connectivity index (χ2n) is 7.01. The van der Waals surface area contributed by atoms with Crippen molar-refractivity contribution < 1.29 is 9.32 Å². The molecule has 1 amide bonds. The number of carbonyl (C=O) groups is 1. The van der Waals surface area contributed by atoms with Gasteiger partial charge in [-0.15, -0.1) is 0 Å². The molecule has 0 bridgehead atoms. The molecule has 0 aromatic carbocycles. The quantitative estimate of drug-likeness (QED) is 0.799. The monoisotopic (exact) mass is 341 g/mol. The Balaban J connectivity index is 1.38. The van der Waals surface area contributed by atoms with Gasteiger partial charge in [0.05, 0.1) is 6.54 Å². The van der Waals surface area contributed by atoms with E-state index < -0.39 is 0 Å². The second-order valence-corrected chi connectivity index (χ2v) is 7.01. The Morgan fingerprint density at radius 3 is 3.00 bits per heavy atom. The lowest BCUT2D eigenvalue weighted by Gasteiger charge is -2.27. The van der Waals surface area contributed by atoms with Crippen molar-refractivity contribution in [2.75, 3.05) is 13.1 Å². The molecule has 4 rings (SSSR count). The summed E-state index contributed by atoms with van der Waals surface area (Å²) in [5.74, 6) is 1.84. The van der Waals surface area contributed by atoms with Crippen LogP contribution in [0.2, 0.25) is 0 Å². The van der Waals surface area contributed by atoms with E-state index in [1.165, 1.54) is 5.56 Å². The first-order chi connectivity index (χ1) is 12.2. The number of hydrogen-bond acceptors (Lipinski definition) is 6. The van der Waals surface area contributed by atoms with Crippen molar-refractivity contribution in [2.24, 2.45) is 0 Å². The minimum Gasteiger partial charge on any atom is -0.339 e. The molecule has 0 N–H and O–H groups in total.